The van der Waals surface area contributed by atoms with Gasteiger partial charge in [-0.15, -0.1) is 0 Å². The van der Waals surface area contributed by atoms with Crippen LogP contribution in [0, 0.1) is 12.8 Å². The van der Waals surface area contributed by atoms with Gasteiger partial charge in [0, 0.05) is 12.6 Å². The summed E-state index contributed by atoms with van der Waals surface area (Å²) in [7, 11) is 0. The maximum Gasteiger partial charge on any atom is 0.349 e. The summed E-state index contributed by atoms with van der Waals surface area (Å²) in [5.74, 6) is 0.918. The zero-order chi connectivity index (χ0) is 18.7. The van der Waals surface area contributed by atoms with E-state index in [0.29, 0.717) is 40.8 Å². The minimum absolute atomic E-state index is 0.00698. The average molecular weight is 355 g/mol. The van der Waals surface area contributed by atoms with Crippen molar-refractivity contribution < 1.29 is 13.6 Å². The molecular formula is C19H21N3O4. The molecule has 1 N–H and O–H groups in total. The van der Waals surface area contributed by atoms with Crippen molar-refractivity contribution in [2.45, 2.75) is 40.2 Å². The van der Waals surface area contributed by atoms with E-state index in [1.54, 1.807) is 31.3 Å². The summed E-state index contributed by atoms with van der Waals surface area (Å²) in [4.78, 5) is 32.9. The van der Waals surface area contributed by atoms with E-state index in [4.69, 9.17) is 8.83 Å². The Balaban J connectivity index is 1.71. The highest BCUT2D eigenvalue weighted by atomic mass is 16.4. The highest BCUT2D eigenvalue weighted by molar-refractivity contribution is 5.95. The minimum Gasteiger partial charge on any atom is -0.437 e. The normalized spacial score (nSPS) is 11.2. The van der Waals surface area contributed by atoms with Crippen LogP contribution in [0.25, 0.3) is 11.2 Å². The predicted octanol–water partition coefficient (Wildman–Crippen LogP) is 3.00. The molecule has 3 aromatic rings. The molecule has 0 fully saturated rings. The molecule has 136 valence electrons. The number of carbonyl (C=O) groups is 1. The topological polar surface area (TPSA) is 98.2 Å². The molecule has 7 heteroatoms. The molecule has 0 spiro atoms. The summed E-state index contributed by atoms with van der Waals surface area (Å²) < 4.78 is 10.8. The maximum absolute atomic E-state index is 12.4. The third kappa shape index (κ3) is 3.99. The Hall–Kier alpha value is -2.96. The molecule has 3 heterocycles. The molecule has 26 heavy (non-hydrogen) atoms. The second-order valence-corrected chi connectivity index (χ2v) is 6.61. The number of amides is 1. The molecule has 0 saturated heterocycles. The SMILES string of the molecule is Cc1cc(CCC(C)C)oc(=O)c1C(=O)NCc1nc2ncccc2o1. The van der Waals surface area contributed by atoms with Gasteiger partial charge in [-0.05, 0) is 43.0 Å². The molecule has 3 aromatic heterocycles. The molecule has 0 radical (unpaired) electrons. The summed E-state index contributed by atoms with van der Waals surface area (Å²) >= 11 is 0. The zero-order valence-electron chi connectivity index (χ0n) is 15.0. The number of aromatic nitrogens is 2. The molecule has 0 atom stereocenters. The van der Waals surface area contributed by atoms with E-state index in [1.807, 2.05) is 0 Å². The van der Waals surface area contributed by atoms with Crippen LogP contribution in [0.5, 0.6) is 0 Å². The van der Waals surface area contributed by atoms with Crippen LogP contribution >= 0.6 is 0 Å². The Morgan fingerprint density at radius 1 is 1.31 bits per heavy atom. The van der Waals surface area contributed by atoms with Gasteiger partial charge >= 0.3 is 5.63 Å². The van der Waals surface area contributed by atoms with Crippen molar-refractivity contribution in [1.82, 2.24) is 15.3 Å². The van der Waals surface area contributed by atoms with Crippen molar-refractivity contribution in [1.29, 1.82) is 0 Å². The Kier molecular flexibility index (Phi) is 5.16. The van der Waals surface area contributed by atoms with Gasteiger partial charge in [0.15, 0.2) is 11.2 Å². The number of hydrogen-bond donors (Lipinski definition) is 1. The fraction of sp³-hybridized carbons (Fsp3) is 0.368. The van der Waals surface area contributed by atoms with Gasteiger partial charge in [-0.25, -0.2) is 9.78 Å². The van der Waals surface area contributed by atoms with Crippen molar-refractivity contribution in [2.75, 3.05) is 0 Å². The Bertz CT molecular complexity index is 955. The molecule has 0 aliphatic carbocycles. The van der Waals surface area contributed by atoms with Gasteiger partial charge in [0.2, 0.25) is 5.89 Å². The highest BCUT2D eigenvalue weighted by Gasteiger charge is 2.18. The number of nitrogens with zero attached hydrogens (tertiary/aromatic N) is 2. The lowest BCUT2D eigenvalue weighted by atomic mass is 10.0. The fourth-order valence-corrected chi connectivity index (χ4v) is 2.63. The molecular weight excluding hydrogens is 334 g/mol. The lowest BCUT2D eigenvalue weighted by Gasteiger charge is -2.08. The molecule has 0 saturated carbocycles. The zero-order valence-corrected chi connectivity index (χ0v) is 15.0. The van der Waals surface area contributed by atoms with Crippen LogP contribution in [-0.4, -0.2) is 15.9 Å². The summed E-state index contributed by atoms with van der Waals surface area (Å²) in [6.07, 6.45) is 3.20. The van der Waals surface area contributed by atoms with Crippen molar-refractivity contribution >= 4 is 17.1 Å². The van der Waals surface area contributed by atoms with Gasteiger partial charge < -0.3 is 14.2 Å². The molecule has 0 aliphatic rings. The molecule has 1 amide bonds. The summed E-state index contributed by atoms with van der Waals surface area (Å²) in [6.45, 7) is 6.00. The number of carbonyl (C=O) groups excluding carboxylic acids is 1. The van der Waals surface area contributed by atoms with Crippen LogP contribution in [0.15, 0.2) is 38.0 Å². The second-order valence-electron chi connectivity index (χ2n) is 6.61. The largest absolute Gasteiger partial charge is 0.437 e. The smallest absolute Gasteiger partial charge is 0.349 e. The van der Waals surface area contributed by atoms with E-state index in [1.165, 1.54) is 0 Å². The quantitative estimate of drug-likeness (QED) is 0.730. The van der Waals surface area contributed by atoms with Gasteiger partial charge in [-0.2, -0.15) is 4.98 Å². The van der Waals surface area contributed by atoms with E-state index in [-0.39, 0.29) is 12.1 Å². The van der Waals surface area contributed by atoms with Gasteiger partial charge in [0.05, 0.1) is 6.54 Å². The van der Waals surface area contributed by atoms with Crippen molar-refractivity contribution in [2.24, 2.45) is 5.92 Å². The lowest BCUT2D eigenvalue weighted by Crippen LogP contribution is -2.29. The standard InChI is InChI=1S/C19H21N3O4/c1-11(2)6-7-13-9-12(3)16(19(24)25-13)18(23)21-10-15-22-17-14(26-15)5-4-8-20-17/h4-5,8-9,11H,6-7,10H2,1-3H3,(H,21,23). The minimum atomic E-state index is -0.625. The fourth-order valence-electron chi connectivity index (χ4n) is 2.63. The number of nitrogens with one attached hydrogen (secondary N) is 1. The maximum atomic E-state index is 12.4. The number of fused-ring (bicyclic) bond motifs is 1. The number of aryl methyl sites for hydroxylation is 2. The van der Waals surface area contributed by atoms with Crippen LogP contribution in [0.2, 0.25) is 0 Å². The number of hydrogen-bond acceptors (Lipinski definition) is 6. The highest BCUT2D eigenvalue weighted by Crippen LogP contribution is 2.13. The summed E-state index contributed by atoms with van der Waals surface area (Å²) in [5, 5.41) is 2.64. The van der Waals surface area contributed by atoms with Crippen molar-refractivity contribution in [3.05, 3.63) is 57.6 Å². The number of oxazole rings is 1. The van der Waals surface area contributed by atoms with E-state index >= 15 is 0 Å². The first-order valence-electron chi connectivity index (χ1n) is 8.56. The van der Waals surface area contributed by atoms with Gasteiger partial charge in [-0.1, -0.05) is 13.8 Å². The Labute approximate surface area is 150 Å². The molecule has 7 nitrogen and oxygen atoms in total. The van der Waals surface area contributed by atoms with Crippen LogP contribution in [-0.2, 0) is 13.0 Å². The first-order valence-corrected chi connectivity index (χ1v) is 8.56. The molecule has 3 rings (SSSR count). The van der Waals surface area contributed by atoms with E-state index in [9.17, 15) is 9.59 Å². The summed E-state index contributed by atoms with van der Waals surface area (Å²) in [5.41, 5.74) is 0.994. The van der Waals surface area contributed by atoms with Crippen molar-refractivity contribution in [3.63, 3.8) is 0 Å². The Morgan fingerprint density at radius 3 is 2.81 bits per heavy atom. The lowest BCUT2D eigenvalue weighted by molar-refractivity contribution is 0.0942. The molecule has 0 unspecified atom stereocenters. The number of rotatable bonds is 6. The monoisotopic (exact) mass is 355 g/mol. The first kappa shape index (κ1) is 17.8. The molecule has 0 aromatic carbocycles. The second kappa shape index (κ2) is 7.51. The predicted molar refractivity (Wildman–Crippen MR) is 95.8 cm³/mol. The Morgan fingerprint density at radius 2 is 2.12 bits per heavy atom. The van der Waals surface area contributed by atoms with E-state index < -0.39 is 11.5 Å². The summed E-state index contributed by atoms with van der Waals surface area (Å²) in [6, 6.07) is 5.24. The average Bonchev–Trinajstić information content (AvgIpc) is 3.00. The van der Waals surface area contributed by atoms with E-state index in [0.717, 1.165) is 6.42 Å². The van der Waals surface area contributed by atoms with Gasteiger partial charge in [0.1, 0.15) is 11.3 Å². The van der Waals surface area contributed by atoms with Crippen LogP contribution < -0.4 is 10.9 Å². The molecule has 0 bridgehead atoms. The van der Waals surface area contributed by atoms with Crippen LogP contribution in [0.1, 0.15) is 47.8 Å². The first-order chi connectivity index (χ1) is 12.4. The van der Waals surface area contributed by atoms with E-state index in [2.05, 4.69) is 29.1 Å². The van der Waals surface area contributed by atoms with Crippen LogP contribution in [0.4, 0.5) is 0 Å². The van der Waals surface area contributed by atoms with Crippen LogP contribution in [0.3, 0.4) is 0 Å². The number of pyridine rings is 1. The van der Waals surface area contributed by atoms with Crippen molar-refractivity contribution in [3.8, 4) is 0 Å². The van der Waals surface area contributed by atoms with Gasteiger partial charge in [-0.3, -0.25) is 4.79 Å². The van der Waals surface area contributed by atoms with Gasteiger partial charge in [0.25, 0.3) is 5.91 Å². The molecule has 0 aliphatic heterocycles. The third-order valence-corrected chi connectivity index (χ3v) is 4.00. The third-order valence-electron chi connectivity index (χ3n) is 4.00.